The van der Waals surface area contributed by atoms with Gasteiger partial charge in [-0.2, -0.15) is 0 Å². The molecule has 1 nitrogen and oxygen atoms in total. The molecule has 0 unspecified atom stereocenters. The summed E-state index contributed by atoms with van der Waals surface area (Å²) < 4.78 is 0. The zero-order valence-corrected chi connectivity index (χ0v) is 18.2. The van der Waals surface area contributed by atoms with Crippen LogP contribution in [-0.2, 0) is 0 Å². The summed E-state index contributed by atoms with van der Waals surface area (Å²) in [6.07, 6.45) is 2.40. The topological polar surface area (TPSA) is 3.24 Å². The third-order valence-corrected chi connectivity index (χ3v) is 8.00. The second-order valence-electron chi connectivity index (χ2n) is 6.93. The highest BCUT2D eigenvalue weighted by Crippen LogP contribution is 2.50. The van der Waals surface area contributed by atoms with Gasteiger partial charge in [-0.15, -0.1) is 22.7 Å². The van der Waals surface area contributed by atoms with Gasteiger partial charge in [-0.05, 0) is 64.7 Å². The first-order chi connectivity index (χ1) is 13.8. The van der Waals surface area contributed by atoms with Crippen LogP contribution in [0.5, 0.6) is 0 Å². The third kappa shape index (κ3) is 3.30. The van der Waals surface area contributed by atoms with Crippen molar-refractivity contribution in [3.05, 3.63) is 71.4 Å². The lowest BCUT2D eigenvalue weighted by atomic mass is 10.1. The molecule has 0 fully saturated rings. The summed E-state index contributed by atoms with van der Waals surface area (Å²) in [6.45, 7) is 3.33. The first-order valence-electron chi connectivity index (χ1n) is 9.65. The molecular formula is C24H21NS3. The Balaban J connectivity index is 1.59. The number of nitrogens with zero attached hydrogens (tertiary/aromatic N) is 1. The molecule has 4 heteroatoms. The van der Waals surface area contributed by atoms with Crippen molar-refractivity contribution in [2.75, 3.05) is 11.4 Å². The van der Waals surface area contributed by atoms with Crippen molar-refractivity contribution in [3.8, 4) is 20.9 Å². The molecule has 0 spiro atoms. The molecule has 2 aromatic carbocycles. The number of thiophene rings is 2. The van der Waals surface area contributed by atoms with Crippen LogP contribution in [0.15, 0.2) is 81.2 Å². The number of hydrogen-bond acceptors (Lipinski definition) is 4. The van der Waals surface area contributed by atoms with Gasteiger partial charge in [0.25, 0.3) is 0 Å². The fraction of sp³-hybridized carbons (Fsp3) is 0.167. The Labute approximate surface area is 178 Å². The van der Waals surface area contributed by atoms with E-state index < -0.39 is 0 Å². The van der Waals surface area contributed by atoms with Crippen LogP contribution < -0.4 is 4.90 Å². The molecule has 28 heavy (non-hydrogen) atoms. The molecule has 4 aromatic rings. The molecule has 0 saturated carbocycles. The van der Waals surface area contributed by atoms with Crippen LogP contribution in [0.2, 0.25) is 0 Å². The summed E-state index contributed by atoms with van der Waals surface area (Å²) in [7, 11) is 0. The number of anilines is 2. The minimum absolute atomic E-state index is 1.06. The summed E-state index contributed by atoms with van der Waals surface area (Å²) in [4.78, 5) is 7.90. The summed E-state index contributed by atoms with van der Waals surface area (Å²) in [5.41, 5.74) is 5.31. The van der Waals surface area contributed by atoms with E-state index in [2.05, 4.69) is 83.2 Å². The zero-order valence-electron chi connectivity index (χ0n) is 15.7. The maximum absolute atomic E-state index is 2.51. The molecule has 5 rings (SSSR count). The van der Waals surface area contributed by atoms with Crippen molar-refractivity contribution in [3.63, 3.8) is 0 Å². The summed E-state index contributed by atoms with van der Waals surface area (Å²) in [6, 6.07) is 22.6. The molecule has 140 valence electrons. The van der Waals surface area contributed by atoms with Gasteiger partial charge in [-0.3, -0.25) is 0 Å². The van der Waals surface area contributed by atoms with E-state index in [0.717, 1.165) is 6.54 Å². The molecular weight excluding hydrogens is 398 g/mol. The Morgan fingerprint density at radius 1 is 0.750 bits per heavy atom. The number of fused-ring (bicyclic) bond motifs is 2. The molecule has 3 heterocycles. The summed E-state index contributed by atoms with van der Waals surface area (Å²) in [5, 5.41) is 4.30. The average Bonchev–Trinajstić information content (AvgIpc) is 3.44. The van der Waals surface area contributed by atoms with Crippen molar-refractivity contribution in [2.24, 2.45) is 0 Å². The molecule has 2 aromatic heterocycles. The van der Waals surface area contributed by atoms with Crippen LogP contribution in [-0.4, -0.2) is 6.54 Å². The highest BCUT2D eigenvalue weighted by molar-refractivity contribution is 7.99. The largest absolute Gasteiger partial charge is 0.340 e. The van der Waals surface area contributed by atoms with Crippen LogP contribution in [0.1, 0.15) is 19.8 Å². The van der Waals surface area contributed by atoms with E-state index in [1.54, 1.807) is 22.7 Å². The molecule has 0 bridgehead atoms. The Hall–Kier alpha value is -2.01. The van der Waals surface area contributed by atoms with E-state index in [4.69, 9.17) is 0 Å². The van der Waals surface area contributed by atoms with Gasteiger partial charge in [0.1, 0.15) is 0 Å². The molecule has 0 radical (unpaired) electrons. The first-order valence-corrected chi connectivity index (χ1v) is 12.2. The van der Waals surface area contributed by atoms with E-state index in [1.807, 2.05) is 11.8 Å². The van der Waals surface area contributed by atoms with Crippen molar-refractivity contribution in [1.29, 1.82) is 0 Å². The Morgan fingerprint density at radius 3 is 1.79 bits per heavy atom. The van der Waals surface area contributed by atoms with Gasteiger partial charge in [0.2, 0.25) is 0 Å². The second kappa shape index (κ2) is 7.78. The molecule has 0 amide bonds. The maximum atomic E-state index is 2.51. The second-order valence-corrected chi connectivity index (χ2v) is 9.91. The van der Waals surface area contributed by atoms with E-state index in [-0.39, 0.29) is 0 Å². The van der Waals surface area contributed by atoms with Crippen LogP contribution in [0.3, 0.4) is 0 Å². The van der Waals surface area contributed by atoms with Gasteiger partial charge in [0, 0.05) is 26.1 Å². The van der Waals surface area contributed by atoms with Crippen LogP contribution in [0.4, 0.5) is 11.4 Å². The Morgan fingerprint density at radius 2 is 1.32 bits per heavy atom. The first kappa shape index (κ1) is 18.0. The van der Waals surface area contributed by atoms with Crippen molar-refractivity contribution in [1.82, 2.24) is 0 Å². The van der Waals surface area contributed by atoms with Crippen LogP contribution in [0, 0.1) is 0 Å². The lowest BCUT2D eigenvalue weighted by Crippen LogP contribution is -2.21. The number of benzene rings is 2. The minimum atomic E-state index is 1.06. The van der Waals surface area contributed by atoms with Crippen molar-refractivity contribution >= 4 is 45.8 Å². The lowest BCUT2D eigenvalue weighted by Gasteiger charge is -2.33. The quantitative estimate of drug-likeness (QED) is 0.319. The van der Waals surface area contributed by atoms with Gasteiger partial charge in [-0.25, -0.2) is 0 Å². The highest BCUT2D eigenvalue weighted by Gasteiger charge is 2.24. The molecule has 1 aliphatic rings. The van der Waals surface area contributed by atoms with E-state index in [1.165, 1.54) is 54.9 Å². The summed E-state index contributed by atoms with van der Waals surface area (Å²) >= 11 is 5.52. The van der Waals surface area contributed by atoms with E-state index in [9.17, 15) is 0 Å². The third-order valence-electron chi connectivity index (χ3n) is 5.07. The average molecular weight is 420 g/mol. The standard InChI is InChI=1S/C24H21NS3/c1-2-3-12-25-19-10-8-17(21-6-4-13-26-21)15-23(19)28-24-16-18(9-11-20(24)25)22-7-5-14-27-22/h4-11,13-16H,2-3,12H2,1H3. The monoisotopic (exact) mass is 419 g/mol. The summed E-state index contributed by atoms with van der Waals surface area (Å²) in [5.74, 6) is 0. The Kier molecular flexibility index (Phi) is 5.02. The molecule has 0 atom stereocenters. The maximum Gasteiger partial charge on any atom is 0.0553 e. The normalized spacial score (nSPS) is 12.7. The van der Waals surface area contributed by atoms with Crippen molar-refractivity contribution in [2.45, 2.75) is 29.6 Å². The zero-order chi connectivity index (χ0) is 18.9. The molecule has 0 aliphatic carbocycles. The van der Waals surface area contributed by atoms with E-state index >= 15 is 0 Å². The minimum Gasteiger partial charge on any atom is -0.340 e. The van der Waals surface area contributed by atoms with E-state index in [0.29, 0.717) is 0 Å². The smallest absolute Gasteiger partial charge is 0.0553 e. The molecule has 0 N–H and O–H groups in total. The fourth-order valence-electron chi connectivity index (χ4n) is 3.64. The number of hydrogen-bond donors (Lipinski definition) is 0. The number of unbranched alkanes of at least 4 members (excludes halogenated alkanes) is 1. The van der Waals surface area contributed by atoms with Crippen molar-refractivity contribution < 1.29 is 0 Å². The molecule has 0 saturated heterocycles. The molecule has 1 aliphatic heterocycles. The lowest BCUT2D eigenvalue weighted by molar-refractivity contribution is 0.777. The van der Waals surface area contributed by atoms with Gasteiger partial charge in [0.15, 0.2) is 0 Å². The van der Waals surface area contributed by atoms with Gasteiger partial charge in [0.05, 0.1) is 11.4 Å². The number of rotatable bonds is 5. The van der Waals surface area contributed by atoms with Gasteiger partial charge < -0.3 is 4.90 Å². The SMILES string of the molecule is CCCCN1c2ccc(-c3cccs3)cc2Sc2cc(-c3cccs3)ccc21. The van der Waals surface area contributed by atoms with Gasteiger partial charge >= 0.3 is 0 Å². The predicted molar refractivity (Wildman–Crippen MR) is 126 cm³/mol. The predicted octanol–water partition coefficient (Wildman–Crippen LogP) is 8.55. The highest BCUT2D eigenvalue weighted by atomic mass is 32.2. The van der Waals surface area contributed by atoms with Crippen LogP contribution in [0.25, 0.3) is 20.9 Å². The Bertz CT molecular complexity index is 998. The van der Waals surface area contributed by atoms with Gasteiger partial charge in [-0.1, -0.05) is 49.4 Å². The fourth-order valence-corrected chi connectivity index (χ4v) is 6.26. The van der Waals surface area contributed by atoms with Crippen LogP contribution >= 0.6 is 34.4 Å².